The Bertz CT molecular complexity index is 726. The van der Waals surface area contributed by atoms with Crippen LogP contribution in [0.2, 0.25) is 0 Å². The van der Waals surface area contributed by atoms with Gasteiger partial charge in [-0.1, -0.05) is 0 Å². The molecule has 0 aliphatic rings. The van der Waals surface area contributed by atoms with Gasteiger partial charge in [-0.25, -0.2) is 17.9 Å². The number of amides is 1. The van der Waals surface area contributed by atoms with Crippen LogP contribution in [0.25, 0.3) is 0 Å². The van der Waals surface area contributed by atoms with Crippen molar-refractivity contribution in [3.05, 3.63) is 29.8 Å². The zero-order valence-corrected chi connectivity index (χ0v) is 15.9. The Morgan fingerprint density at radius 2 is 1.74 bits per heavy atom. The molecule has 0 bridgehead atoms. The summed E-state index contributed by atoms with van der Waals surface area (Å²) in [6, 6.07) is 3.85. The molecule has 0 spiro atoms. The average molecular weight is 413 g/mol. The van der Waals surface area contributed by atoms with Crippen LogP contribution in [0.3, 0.4) is 0 Å². The van der Waals surface area contributed by atoms with Crippen molar-refractivity contribution >= 4 is 16.1 Å². The molecule has 11 heteroatoms. The first-order valence-electron chi connectivity index (χ1n) is 7.89. The van der Waals surface area contributed by atoms with Crippen LogP contribution in [0.15, 0.2) is 24.3 Å². The normalized spacial score (nSPS) is 13.7. The van der Waals surface area contributed by atoms with E-state index in [-0.39, 0.29) is 18.8 Å². The SMILES string of the molecule is CC(C)(C)OC(=O)NS(=O)(=O)CCC(O)COc1ccc(C(F)(F)F)cc1. The van der Waals surface area contributed by atoms with Crippen LogP contribution >= 0.6 is 0 Å². The van der Waals surface area contributed by atoms with Gasteiger partial charge in [0, 0.05) is 0 Å². The van der Waals surface area contributed by atoms with Gasteiger partial charge in [-0.2, -0.15) is 13.2 Å². The predicted octanol–water partition coefficient (Wildman–Crippen LogP) is 2.69. The predicted molar refractivity (Wildman–Crippen MR) is 90.7 cm³/mol. The van der Waals surface area contributed by atoms with E-state index in [2.05, 4.69) is 0 Å². The molecule has 1 aromatic rings. The lowest BCUT2D eigenvalue weighted by molar-refractivity contribution is -0.137. The smallest absolute Gasteiger partial charge is 0.421 e. The van der Waals surface area contributed by atoms with E-state index in [1.54, 1.807) is 25.5 Å². The molecule has 1 aromatic carbocycles. The summed E-state index contributed by atoms with van der Waals surface area (Å²) in [6.07, 6.45) is -7.05. The molecule has 0 heterocycles. The van der Waals surface area contributed by atoms with Crippen LogP contribution in [0.5, 0.6) is 5.75 Å². The fraction of sp³-hybridized carbons (Fsp3) is 0.562. The molecule has 0 aromatic heterocycles. The number of aliphatic hydroxyl groups excluding tert-OH is 1. The Morgan fingerprint density at radius 3 is 2.22 bits per heavy atom. The summed E-state index contributed by atoms with van der Waals surface area (Å²) in [4.78, 5) is 11.4. The molecule has 0 saturated carbocycles. The lowest BCUT2D eigenvalue weighted by atomic mass is 10.2. The van der Waals surface area contributed by atoms with Crippen molar-refractivity contribution in [3.8, 4) is 5.75 Å². The molecule has 0 aliphatic heterocycles. The van der Waals surface area contributed by atoms with Crippen molar-refractivity contribution in [2.24, 2.45) is 0 Å². The number of aliphatic hydroxyl groups is 1. The maximum atomic E-state index is 12.5. The third kappa shape index (κ3) is 9.48. The number of benzene rings is 1. The van der Waals surface area contributed by atoms with Crippen molar-refractivity contribution in [2.45, 2.75) is 45.1 Å². The number of hydrogen-bond acceptors (Lipinski definition) is 6. The lowest BCUT2D eigenvalue weighted by Crippen LogP contribution is -2.38. The molecule has 0 saturated heterocycles. The number of carbonyl (C=O) groups is 1. The summed E-state index contributed by atoms with van der Waals surface area (Å²) < 4.78 is 72.5. The summed E-state index contributed by atoms with van der Waals surface area (Å²) in [6.45, 7) is 4.39. The Labute approximate surface area is 155 Å². The van der Waals surface area contributed by atoms with E-state index in [9.17, 15) is 31.5 Å². The van der Waals surface area contributed by atoms with Gasteiger partial charge < -0.3 is 14.6 Å². The molecule has 1 atom stereocenters. The van der Waals surface area contributed by atoms with E-state index in [0.717, 1.165) is 24.3 Å². The van der Waals surface area contributed by atoms with Gasteiger partial charge in [-0.3, -0.25) is 0 Å². The highest BCUT2D eigenvalue weighted by molar-refractivity contribution is 7.90. The number of rotatable bonds is 7. The van der Waals surface area contributed by atoms with E-state index in [1.807, 2.05) is 0 Å². The zero-order chi connectivity index (χ0) is 20.9. The maximum absolute atomic E-state index is 12.5. The lowest BCUT2D eigenvalue weighted by Gasteiger charge is -2.19. The van der Waals surface area contributed by atoms with Gasteiger partial charge in [-0.15, -0.1) is 0 Å². The first kappa shape index (κ1) is 23.0. The number of hydrogen-bond donors (Lipinski definition) is 2. The van der Waals surface area contributed by atoms with Gasteiger partial charge in [0.25, 0.3) is 0 Å². The highest BCUT2D eigenvalue weighted by atomic mass is 32.2. The van der Waals surface area contributed by atoms with Crippen LogP contribution in [0, 0.1) is 0 Å². The Morgan fingerprint density at radius 1 is 1.19 bits per heavy atom. The van der Waals surface area contributed by atoms with E-state index in [4.69, 9.17) is 9.47 Å². The summed E-state index contributed by atoms with van der Waals surface area (Å²) in [5.74, 6) is -0.471. The average Bonchev–Trinajstić information content (AvgIpc) is 2.48. The van der Waals surface area contributed by atoms with Crippen LogP contribution in [0.4, 0.5) is 18.0 Å². The molecule has 1 rings (SSSR count). The molecule has 27 heavy (non-hydrogen) atoms. The van der Waals surface area contributed by atoms with Gasteiger partial charge >= 0.3 is 12.3 Å². The fourth-order valence-corrected chi connectivity index (χ4v) is 2.76. The third-order valence-corrected chi connectivity index (χ3v) is 4.23. The minimum atomic E-state index is -4.46. The molecule has 0 fully saturated rings. The van der Waals surface area contributed by atoms with Gasteiger partial charge in [0.05, 0.1) is 17.4 Å². The topological polar surface area (TPSA) is 102 Å². The van der Waals surface area contributed by atoms with Crippen LogP contribution in [0.1, 0.15) is 32.8 Å². The molecule has 0 radical (unpaired) electrons. The van der Waals surface area contributed by atoms with Crippen molar-refractivity contribution in [1.29, 1.82) is 0 Å². The standard InChI is InChI=1S/C16H22F3NO6S/c1-15(2,3)26-14(22)20-27(23,24)9-8-12(21)10-25-13-6-4-11(5-7-13)16(17,18)19/h4-7,12,21H,8-10H2,1-3H3,(H,20,22). The molecule has 154 valence electrons. The quantitative estimate of drug-likeness (QED) is 0.713. The number of halogens is 3. The van der Waals surface area contributed by atoms with Gasteiger partial charge in [0.15, 0.2) is 0 Å². The number of carbonyl (C=O) groups excluding carboxylic acids is 1. The first-order valence-corrected chi connectivity index (χ1v) is 9.55. The van der Waals surface area contributed by atoms with Crippen molar-refractivity contribution in [2.75, 3.05) is 12.4 Å². The number of nitrogens with one attached hydrogen (secondary N) is 1. The van der Waals surface area contributed by atoms with Gasteiger partial charge in [0.1, 0.15) is 18.0 Å². The molecular formula is C16H22F3NO6S. The van der Waals surface area contributed by atoms with E-state index in [0.29, 0.717) is 0 Å². The van der Waals surface area contributed by atoms with Crippen LogP contribution in [-0.2, 0) is 20.9 Å². The molecule has 0 aliphatic carbocycles. The van der Waals surface area contributed by atoms with E-state index < -0.39 is 45.3 Å². The third-order valence-electron chi connectivity index (χ3n) is 2.98. The van der Waals surface area contributed by atoms with Crippen LogP contribution in [-0.4, -0.2) is 43.7 Å². The summed E-state index contributed by atoms with van der Waals surface area (Å²) in [5, 5.41) is 9.76. The number of ether oxygens (including phenoxy) is 2. The largest absolute Gasteiger partial charge is 0.491 e. The highest BCUT2D eigenvalue weighted by Gasteiger charge is 2.30. The second kappa shape index (κ2) is 8.79. The number of alkyl halides is 3. The second-order valence-corrected chi connectivity index (χ2v) is 8.54. The highest BCUT2D eigenvalue weighted by Crippen LogP contribution is 2.30. The molecule has 1 unspecified atom stereocenters. The summed E-state index contributed by atoms with van der Waals surface area (Å²) >= 11 is 0. The van der Waals surface area contributed by atoms with Gasteiger partial charge in [0.2, 0.25) is 10.0 Å². The van der Waals surface area contributed by atoms with Crippen molar-refractivity contribution in [1.82, 2.24) is 4.72 Å². The zero-order valence-electron chi connectivity index (χ0n) is 15.0. The summed E-state index contributed by atoms with van der Waals surface area (Å²) in [5.41, 5.74) is -1.70. The number of sulfonamides is 1. The minimum Gasteiger partial charge on any atom is -0.491 e. The van der Waals surface area contributed by atoms with Crippen LogP contribution < -0.4 is 9.46 Å². The molecule has 7 nitrogen and oxygen atoms in total. The first-order chi connectivity index (χ1) is 12.2. The van der Waals surface area contributed by atoms with E-state index >= 15 is 0 Å². The molecule has 1 amide bonds. The Balaban J connectivity index is 2.44. The van der Waals surface area contributed by atoms with Crippen molar-refractivity contribution in [3.63, 3.8) is 0 Å². The fourth-order valence-electron chi connectivity index (χ4n) is 1.78. The van der Waals surface area contributed by atoms with Gasteiger partial charge in [-0.05, 0) is 51.5 Å². The molecular weight excluding hydrogens is 391 g/mol. The molecule has 2 N–H and O–H groups in total. The summed E-state index contributed by atoms with van der Waals surface area (Å²) in [7, 11) is -4.02. The second-order valence-electron chi connectivity index (χ2n) is 6.70. The Kier molecular flexibility index (Phi) is 7.49. The van der Waals surface area contributed by atoms with Crippen molar-refractivity contribution < 1.29 is 41.0 Å². The minimum absolute atomic E-state index is 0.0942. The Hall–Kier alpha value is -2.01. The monoisotopic (exact) mass is 413 g/mol. The maximum Gasteiger partial charge on any atom is 0.421 e. The van der Waals surface area contributed by atoms with E-state index in [1.165, 1.54) is 0 Å².